The minimum Gasteiger partial charge on any atom is -0.393 e. The zero-order chi connectivity index (χ0) is 24.3. The second-order valence-electron chi connectivity index (χ2n) is 9.22. The molecule has 182 valence electrons. The molecule has 1 fully saturated rings. The molecule has 1 atom stereocenters. The molecule has 1 unspecified atom stereocenters. The van der Waals surface area contributed by atoms with Gasteiger partial charge < -0.3 is 21.1 Å². The van der Waals surface area contributed by atoms with E-state index in [1.54, 1.807) is 42.5 Å². The highest BCUT2D eigenvalue weighted by atomic mass is 32.2. The molecule has 8 nitrogen and oxygen atoms in total. The van der Waals surface area contributed by atoms with Crippen LogP contribution in [0.15, 0.2) is 53.4 Å². The average Bonchev–Trinajstić information content (AvgIpc) is 3.20. The van der Waals surface area contributed by atoms with Crippen molar-refractivity contribution in [3.63, 3.8) is 0 Å². The molecule has 0 radical (unpaired) electrons. The van der Waals surface area contributed by atoms with Gasteiger partial charge in [0.2, 0.25) is 5.91 Å². The molecule has 2 aromatic rings. The van der Waals surface area contributed by atoms with Gasteiger partial charge in [-0.05, 0) is 55.4 Å². The van der Waals surface area contributed by atoms with Crippen molar-refractivity contribution in [1.82, 2.24) is 5.32 Å². The zero-order valence-corrected chi connectivity index (χ0v) is 19.9. The summed E-state index contributed by atoms with van der Waals surface area (Å²) in [6.07, 6.45) is 3.50. The number of aliphatic hydroxyl groups excluding tert-OH is 1. The molecule has 0 saturated heterocycles. The molecule has 0 bridgehead atoms. The average molecular weight is 485 g/mol. The van der Waals surface area contributed by atoms with Gasteiger partial charge in [-0.3, -0.25) is 10.2 Å². The topological polar surface area (TPSA) is 137 Å². The molecule has 0 spiro atoms. The number of nitrogens with one attached hydrogen (secondary N) is 2. The first kappa shape index (κ1) is 24.2. The predicted octanol–water partition coefficient (Wildman–Crippen LogP) is 1.84. The van der Waals surface area contributed by atoms with Crippen molar-refractivity contribution in [1.29, 1.82) is 5.41 Å². The lowest BCUT2D eigenvalue weighted by molar-refractivity contribution is -0.122. The van der Waals surface area contributed by atoms with Gasteiger partial charge in [-0.2, -0.15) is 0 Å². The van der Waals surface area contributed by atoms with Crippen molar-refractivity contribution in [2.75, 3.05) is 23.7 Å². The minimum absolute atomic E-state index is 0.0768. The lowest BCUT2D eigenvalue weighted by Crippen LogP contribution is -2.48. The fourth-order valence-corrected chi connectivity index (χ4v) is 6.09. The number of aliphatic hydroxyl groups is 1. The number of rotatable bonds is 8. The number of fused-ring (bicyclic) bond motifs is 1. The van der Waals surface area contributed by atoms with Crippen LogP contribution in [0.25, 0.3) is 0 Å². The number of benzene rings is 2. The molecular formula is C25H32N4O4S. The molecule has 0 aromatic heterocycles. The van der Waals surface area contributed by atoms with Crippen molar-refractivity contribution in [2.24, 2.45) is 11.7 Å². The number of carbonyl (C=O) groups excluding carboxylic acids is 1. The minimum atomic E-state index is -3.52. The molecule has 1 aliphatic carbocycles. The van der Waals surface area contributed by atoms with E-state index >= 15 is 0 Å². The highest BCUT2D eigenvalue weighted by molar-refractivity contribution is 7.91. The summed E-state index contributed by atoms with van der Waals surface area (Å²) in [5, 5.41) is 20.5. The number of hydrogen-bond acceptors (Lipinski definition) is 6. The molecule has 1 heterocycles. The van der Waals surface area contributed by atoms with Crippen LogP contribution in [0.1, 0.15) is 36.8 Å². The Labute approximate surface area is 200 Å². The van der Waals surface area contributed by atoms with E-state index in [2.05, 4.69) is 5.32 Å². The largest absolute Gasteiger partial charge is 0.393 e. The van der Waals surface area contributed by atoms with E-state index in [1.807, 2.05) is 11.0 Å². The summed E-state index contributed by atoms with van der Waals surface area (Å²) in [6.45, 7) is 0.701. The Morgan fingerprint density at radius 1 is 1.12 bits per heavy atom. The van der Waals surface area contributed by atoms with Crippen LogP contribution in [0.2, 0.25) is 0 Å². The van der Waals surface area contributed by atoms with Gasteiger partial charge in [0.1, 0.15) is 11.9 Å². The third-order valence-electron chi connectivity index (χ3n) is 6.88. The number of nitrogens with zero attached hydrogens (tertiary/aromatic N) is 1. The number of nitrogens with two attached hydrogens (primary N) is 1. The molecule has 9 heteroatoms. The second kappa shape index (κ2) is 10.1. The van der Waals surface area contributed by atoms with E-state index in [0.29, 0.717) is 24.4 Å². The Bertz CT molecular complexity index is 1140. The number of anilines is 1. The van der Waals surface area contributed by atoms with Crippen LogP contribution < -0.4 is 16.0 Å². The lowest BCUT2D eigenvalue weighted by atomic mass is 9.87. The number of carbonyl (C=O) groups is 1. The normalized spacial score (nSPS) is 22.3. The molecule has 1 aliphatic heterocycles. The van der Waals surface area contributed by atoms with Gasteiger partial charge in [-0.25, -0.2) is 8.42 Å². The van der Waals surface area contributed by atoms with Crippen molar-refractivity contribution in [2.45, 2.75) is 49.1 Å². The van der Waals surface area contributed by atoms with E-state index in [4.69, 9.17) is 11.1 Å². The summed E-state index contributed by atoms with van der Waals surface area (Å²) in [6, 6.07) is 13.2. The van der Waals surface area contributed by atoms with Gasteiger partial charge in [-0.1, -0.05) is 30.3 Å². The quantitative estimate of drug-likeness (QED) is 0.333. The first-order valence-electron chi connectivity index (χ1n) is 11.7. The molecular weight excluding hydrogens is 452 g/mol. The van der Waals surface area contributed by atoms with Crippen LogP contribution in [-0.2, 0) is 21.1 Å². The van der Waals surface area contributed by atoms with Gasteiger partial charge in [0.25, 0.3) is 0 Å². The van der Waals surface area contributed by atoms with Gasteiger partial charge in [0.15, 0.2) is 9.84 Å². The highest BCUT2D eigenvalue weighted by Gasteiger charge is 2.36. The monoisotopic (exact) mass is 484 g/mol. The Hall–Kier alpha value is -2.91. The summed E-state index contributed by atoms with van der Waals surface area (Å²) >= 11 is 0. The van der Waals surface area contributed by atoms with Crippen molar-refractivity contribution in [3.8, 4) is 0 Å². The number of hydrogen-bond donors (Lipinski definition) is 4. The standard InChI is InChI=1S/C25H32N4O4S/c26-24(27)19-9-8-18-14-23(25(31)28-16-17-6-10-20(30)11-7-17)29(22(18)15-19)12-13-34(32,33)21-4-2-1-3-5-21/h1-5,8-9,15,17,20,23,30H,6-7,10-14,16H2,(H3,26,27)(H,28,31). The fourth-order valence-electron chi connectivity index (χ4n) is 4.84. The number of amidine groups is 1. The Balaban J connectivity index is 1.51. The van der Waals surface area contributed by atoms with Crippen molar-refractivity contribution in [3.05, 3.63) is 59.7 Å². The van der Waals surface area contributed by atoms with Crippen LogP contribution in [0.5, 0.6) is 0 Å². The second-order valence-corrected chi connectivity index (χ2v) is 11.3. The summed E-state index contributed by atoms with van der Waals surface area (Å²) in [5.41, 5.74) is 7.90. The van der Waals surface area contributed by atoms with Crippen LogP contribution in [0, 0.1) is 11.3 Å². The van der Waals surface area contributed by atoms with Crippen LogP contribution in [0.4, 0.5) is 5.69 Å². The molecule has 1 amide bonds. The third kappa shape index (κ3) is 5.42. The maximum atomic E-state index is 13.2. The first-order chi connectivity index (χ1) is 16.2. The maximum absolute atomic E-state index is 13.2. The number of sulfone groups is 1. The van der Waals surface area contributed by atoms with Crippen LogP contribution in [0.3, 0.4) is 0 Å². The summed E-state index contributed by atoms with van der Waals surface area (Å²) < 4.78 is 25.8. The van der Waals surface area contributed by atoms with E-state index < -0.39 is 15.9 Å². The van der Waals surface area contributed by atoms with Gasteiger partial charge in [-0.15, -0.1) is 0 Å². The van der Waals surface area contributed by atoms with E-state index in [9.17, 15) is 18.3 Å². The van der Waals surface area contributed by atoms with Gasteiger partial charge >= 0.3 is 0 Å². The molecule has 4 rings (SSSR count). The summed E-state index contributed by atoms with van der Waals surface area (Å²) in [4.78, 5) is 15.3. The Kier molecular flexibility index (Phi) is 7.23. The smallest absolute Gasteiger partial charge is 0.243 e. The maximum Gasteiger partial charge on any atom is 0.243 e. The third-order valence-corrected chi connectivity index (χ3v) is 8.59. The highest BCUT2D eigenvalue weighted by Crippen LogP contribution is 2.34. The van der Waals surface area contributed by atoms with E-state index in [1.165, 1.54) is 0 Å². The summed E-state index contributed by atoms with van der Waals surface area (Å²) in [7, 11) is -3.52. The van der Waals surface area contributed by atoms with Gasteiger partial charge in [0, 0.05) is 30.8 Å². The molecule has 1 saturated carbocycles. The Morgan fingerprint density at radius 2 is 1.82 bits per heavy atom. The molecule has 34 heavy (non-hydrogen) atoms. The van der Waals surface area contributed by atoms with Crippen LogP contribution in [-0.4, -0.2) is 56.3 Å². The first-order valence-corrected chi connectivity index (χ1v) is 13.4. The molecule has 2 aliphatic rings. The summed E-state index contributed by atoms with van der Waals surface area (Å²) in [5.74, 6) is -0.00592. The van der Waals surface area contributed by atoms with Crippen LogP contribution >= 0.6 is 0 Å². The van der Waals surface area contributed by atoms with Crippen molar-refractivity contribution >= 4 is 27.3 Å². The SMILES string of the molecule is N=C(N)c1ccc2c(c1)N(CCS(=O)(=O)c1ccccc1)C(C(=O)NCC1CCC(O)CC1)C2. The van der Waals surface area contributed by atoms with E-state index in [-0.39, 0.29) is 35.0 Å². The van der Waals surface area contributed by atoms with E-state index in [0.717, 1.165) is 36.9 Å². The molecule has 5 N–H and O–H groups in total. The zero-order valence-electron chi connectivity index (χ0n) is 19.1. The lowest BCUT2D eigenvalue weighted by Gasteiger charge is -2.29. The molecule has 2 aromatic carbocycles. The predicted molar refractivity (Wildman–Crippen MR) is 132 cm³/mol. The Morgan fingerprint density at radius 3 is 2.50 bits per heavy atom. The fraction of sp³-hybridized carbons (Fsp3) is 0.440. The van der Waals surface area contributed by atoms with Crippen molar-refractivity contribution < 1.29 is 18.3 Å². The number of nitrogen functional groups attached to an aromatic ring is 1. The van der Waals surface area contributed by atoms with Gasteiger partial charge in [0.05, 0.1) is 16.8 Å². The number of amides is 1.